The summed E-state index contributed by atoms with van der Waals surface area (Å²) < 4.78 is 9.60. The molecule has 0 spiro atoms. The van der Waals surface area contributed by atoms with Crippen LogP contribution in [0.1, 0.15) is 36.9 Å². The van der Waals surface area contributed by atoms with Gasteiger partial charge >= 0.3 is 0 Å². The SMILES string of the molecule is CC.CCOC.Cc1occc1C(=O)Nc1ccccc1. The van der Waals surface area contributed by atoms with Crippen molar-refractivity contribution in [3.63, 3.8) is 0 Å². The highest BCUT2D eigenvalue weighted by atomic mass is 16.5. The van der Waals surface area contributed by atoms with Gasteiger partial charge in [0.2, 0.25) is 0 Å². The van der Waals surface area contributed by atoms with E-state index < -0.39 is 0 Å². The number of amides is 1. The van der Waals surface area contributed by atoms with Crippen molar-refractivity contribution >= 4 is 11.6 Å². The second kappa shape index (κ2) is 11.7. The first-order chi connectivity index (χ1) is 10.2. The van der Waals surface area contributed by atoms with E-state index in [1.165, 1.54) is 6.26 Å². The van der Waals surface area contributed by atoms with Gasteiger partial charge in [-0.25, -0.2) is 0 Å². The Morgan fingerprint density at radius 1 is 1.19 bits per heavy atom. The molecule has 0 saturated carbocycles. The third-order valence-corrected chi connectivity index (χ3v) is 2.42. The lowest BCUT2D eigenvalue weighted by Gasteiger charge is -2.03. The molecule has 1 heterocycles. The van der Waals surface area contributed by atoms with Crippen molar-refractivity contribution in [2.45, 2.75) is 27.7 Å². The van der Waals surface area contributed by atoms with Gasteiger partial charge in [0.1, 0.15) is 5.76 Å². The number of rotatable bonds is 3. The van der Waals surface area contributed by atoms with E-state index in [1.54, 1.807) is 20.1 Å². The zero-order chi connectivity index (χ0) is 16.1. The zero-order valence-corrected chi connectivity index (χ0v) is 13.5. The van der Waals surface area contributed by atoms with Crippen LogP contribution in [0.3, 0.4) is 0 Å². The molecule has 0 aliphatic carbocycles. The van der Waals surface area contributed by atoms with Crippen LogP contribution in [0, 0.1) is 6.92 Å². The van der Waals surface area contributed by atoms with Crippen molar-refractivity contribution in [1.29, 1.82) is 0 Å². The van der Waals surface area contributed by atoms with E-state index in [2.05, 4.69) is 10.1 Å². The lowest BCUT2D eigenvalue weighted by atomic mass is 10.2. The van der Waals surface area contributed by atoms with Crippen LogP contribution in [-0.2, 0) is 4.74 Å². The molecule has 1 N–H and O–H groups in total. The van der Waals surface area contributed by atoms with E-state index >= 15 is 0 Å². The highest BCUT2D eigenvalue weighted by Crippen LogP contribution is 2.12. The molecular weight excluding hydrogens is 266 g/mol. The number of carbonyl (C=O) groups excluding carboxylic acids is 1. The smallest absolute Gasteiger partial charge is 0.259 e. The minimum absolute atomic E-state index is 0.146. The molecule has 21 heavy (non-hydrogen) atoms. The Balaban J connectivity index is 0.000000579. The average Bonchev–Trinajstić information content (AvgIpc) is 2.97. The lowest BCUT2D eigenvalue weighted by molar-refractivity contribution is 0.102. The van der Waals surface area contributed by atoms with Crippen LogP contribution < -0.4 is 5.32 Å². The molecule has 1 amide bonds. The monoisotopic (exact) mass is 291 g/mol. The average molecular weight is 291 g/mol. The van der Waals surface area contributed by atoms with Gasteiger partial charge < -0.3 is 14.5 Å². The molecule has 0 aliphatic rings. The molecule has 0 unspecified atom stereocenters. The molecule has 1 aromatic carbocycles. The largest absolute Gasteiger partial charge is 0.469 e. The predicted molar refractivity (Wildman–Crippen MR) is 86.7 cm³/mol. The quantitative estimate of drug-likeness (QED) is 0.904. The minimum Gasteiger partial charge on any atom is -0.469 e. The summed E-state index contributed by atoms with van der Waals surface area (Å²) >= 11 is 0. The highest BCUT2D eigenvalue weighted by molar-refractivity contribution is 6.04. The number of hydrogen-bond donors (Lipinski definition) is 1. The number of anilines is 1. The molecular formula is C17H25NO3. The fourth-order valence-corrected chi connectivity index (χ4v) is 1.34. The van der Waals surface area contributed by atoms with Gasteiger partial charge in [0.25, 0.3) is 5.91 Å². The summed E-state index contributed by atoms with van der Waals surface area (Å²) in [6.45, 7) is 8.54. The number of carbonyl (C=O) groups is 1. The van der Waals surface area contributed by atoms with Crippen LogP contribution in [0.25, 0.3) is 0 Å². The Hall–Kier alpha value is -2.07. The summed E-state index contributed by atoms with van der Waals surface area (Å²) in [5.74, 6) is 0.482. The summed E-state index contributed by atoms with van der Waals surface area (Å²) in [7, 11) is 1.68. The highest BCUT2D eigenvalue weighted by Gasteiger charge is 2.10. The molecule has 1 aromatic heterocycles. The van der Waals surface area contributed by atoms with E-state index in [9.17, 15) is 4.79 Å². The third kappa shape index (κ3) is 7.32. The number of methoxy groups -OCH3 is 1. The first-order valence-electron chi connectivity index (χ1n) is 7.08. The van der Waals surface area contributed by atoms with Gasteiger partial charge in [-0.2, -0.15) is 0 Å². The molecule has 0 bridgehead atoms. The van der Waals surface area contributed by atoms with Crippen molar-refractivity contribution in [2.24, 2.45) is 0 Å². The van der Waals surface area contributed by atoms with Crippen LogP contribution in [-0.4, -0.2) is 19.6 Å². The number of benzene rings is 1. The van der Waals surface area contributed by atoms with E-state index in [4.69, 9.17) is 4.42 Å². The molecule has 0 fully saturated rings. The topological polar surface area (TPSA) is 51.5 Å². The zero-order valence-electron chi connectivity index (χ0n) is 13.5. The third-order valence-electron chi connectivity index (χ3n) is 2.42. The number of furan rings is 1. The Labute approximate surface area is 127 Å². The van der Waals surface area contributed by atoms with Gasteiger partial charge in [-0.05, 0) is 32.0 Å². The van der Waals surface area contributed by atoms with Crippen molar-refractivity contribution in [2.75, 3.05) is 19.0 Å². The number of aryl methyl sites for hydroxylation is 1. The maximum Gasteiger partial charge on any atom is 0.259 e. The second-order valence-electron chi connectivity index (χ2n) is 3.79. The molecule has 4 heteroatoms. The summed E-state index contributed by atoms with van der Waals surface area (Å²) in [4.78, 5) is 11.7. The summed E-state index contributed by atoms with van der Waals surface area (Å²) in [5, 5.41) is 2.79. The van der Waals surface area contributed by atoms with Crippen LogP contribution in [0.2, 0.25) is 0 Å². The van der Waals surface area contributed by atoms with Gasteiger partial charge in [0.15, 0.2) is 0 Å². The molecule has 2 rings (SSSR count). The van der Waals surface area contributed by atoms with E-state index in [-0.39, 0.29) is 5.91 Å². The van der Waals surface area contributed by atoms with Crippen LogP contribution >= 0.6 is 0 Å². The van der Waals surface area contributed by atoms with Gasteiger partial charge in [-0.1, -0.05) is 32.0 Å². The first-order valence-corrected chi connectivity index (χ1v) is 7.08. The van der Waals surface area contributed by atoms with Crippen molar-refractivity contribution in [3.8, 4) is 0 Å². The lowest BCUT2D eigenvalue weighted by Crippen LogP contribution is -2.11. The first kappa shape index (κ1) is 18.9. The molecule has 0 radical (unpaired) electrons. The van der Waals surface area contributed by atoms with E-state index in [1.807, 2.05) is 51.1 Å². The van der Waals surface area contributed by atoms with Crippen molar-refractivity contribution in [3.05, 3.63) is 54.0 Å². The van der Waals surface area contributed by atoms with Gasteiger partial charge in [-0.15, -0.1) is 0 Å². The fraction of sp³-hybridized carbons (Fsp3) is 0.353. The van der Waals surface area contributed by atoms with Gasteiger partial charge in [0.05, 0.1) is 11.8 Å². The Morgan fingerprint density at radius 3 is 2.19 bits per heavy atom. The minimum atomic E-state index is -0.146. The summed E-state index contributed by atoms with van der Waals surface area (Å²) in [6, 6.07) is 11.0. The van der Waals surface area contributed by atoms with Crippen molar-refractivity contribution in [1.82, 2.24) is 0 Å². The molecule has 0 saturated heterocycles. The normalized spacial score (nSPS) is 8.81. The van der Waals surface area contributed by atoms with Gasteiger partial charge in [-0.3, -0.25) is 4.79 Å². The Bertz CT molecular complexity index is 490. The summed E-state index contributed by atoms with van der Waals surface area (Å²) in [6.07, 6.45) is 1.51. The summed E-state index contributed by atoms with van der Waals surface area (Å²) in [5.41, 5.74) is 1.35. The fourth-order valence-electron chi connectivity index (χ4n) is 1.34. The molecule has 4 nitrogen and oxygen atoms in total. The standard InChI is InChI=1S/C12H11NO2.C3H8O.C2H6/c1-9-11(7-8-15-9)12(14)13-10-5-3-2-4-6-10;1-3-4-2;1-2/h2-8H,1H3,(H,13,14);3H2,1-2H3;1-2H3. The van der Waals surface area contributed by atoms with Crippen LogP contribution in [0.4, 0.5) is 5.69 Å². The number of ether oxygens (including phenoxy) is 1. The molecule has 116 valence electrons. The second-order valence-corrected chi connectivity index (χ2v) is 3.79. The van der Waals surface area contributed by atoms with Crippen LogP contribution in [0.15, 0.2) is 47.1 Å². The maximum absolute atomic E-state index is 11.7. The molecule has 0 aliphatic heterocycles. The van der Waals surface area contributed by atoms with E-state index in [0.29, 0.717) is 11.3 Å². The molecule has 0 atom stereocenters. The Morgan fingerprint density at radius 2 is 1.76 bits per heavy atom. The van der Waals surface area contributed by atoms with E-state index in [0.717, 1.165) is 12.3 Å². The molecule has 2 aromatic rings. The van der Waals surface area contributed by atoms with Gasteiger partial charge in [0, 0.05) is 19.4 Å². The maximum atomic E-state index is 11.7. The number of hydrogen-bond acceptors (Lipinski definition) is 3. The number of nitrogens with one attached hydrogen (secondary N) is 1. The number of para-hydroxylation sites is 1. The van der Waals surface area contributed by atoms with Crippen molar-refractivity contribution < 1.29 is 13.9 Å². The predicted octanol–water partition coefficient (Wildman–Crippen LogP) is 4.52. The van der Waals surface area contributed by atoms with Crippen LogP contribution in [0.5, 0.6) is 0 Å². The Kier molecular flexibility index (Phi) is 10.6.